The molecule has 56 heavy (non-hydrogen) atoms. The number of H-pyrrole nitrogens is 1. The number of aromatic nitrogens is 2. The van der Waals surface area contributed by atoms with Gasteiger partial charge in [-0.05, 0) is 90.5 Å². The van der Waals surface area contributed by atoms with Crippen molar-refractivity contribution >= 4 is 58.0 Å². The van der Waals surface area contributed by atoms with Crippen molar-refractivity contribution < 1.29 is 24.3 Å². The molecule has 3 heterocycles. The Bertz CT molecular complexity index is 2210. The second-order valence-electron chi connectivity index (χ2n) is 13.6. The average molecular weight is 797 g/mol. The van der Waals surface area contributed by atoms with Crippen LogP contribution in [-0.4, -0.2) is 81.9 Å². The highest BCUT2D eigenvalue weighted by Gasteiger charge is 2.34. The lowest BCUT2D eigenvalue weighted by molar-refractivity contribution is -0.142. The molecule has 6 rings (SSSR count). The molecule has 13 nitrogen and oxygen atoms in total. The van der Waals surface area contributed by atoms with Crippen LogP contribution < -0.4 is 27.4 Å². The van der Waals surface area contributed by atoms with Crippen LogP contribution in [0.1, 0.15) is 46.3 Å². The van der Waals surface area contributed by atoms with Crippen molar-refractivity contribution in [1.29, 1.82) is 0 Å². The van der Waals surface area contributed by atoms with Gasteiger partial charge in [-0.1, -0.05) is 65.8 Å². The zero-order valence-electron chi connectivity index (χ0n) is 30.9. The number of aromatic amines is 1. The molecule has 2 aromatic heterocycles. The first kappa shape index (κ1) is 40.4. The topological polar surface area (TPSA) is 209 Å². The summed E-state index contributed by atoms with van der Waals surface area (Å²) in [6, 6.07) is 18.8. The molecule has 0 unspecified atom stereocenters. The van der Waals surface area contributed by atoms with E-state index in [9.17, 15) is 24.3 Å². The number of likely N-dealkylation sites (N-methyl/N-ethyl adjacent to an activating group) is 1. The first-order valence-electron chi connectivity index (χ1n) is 18.4. The van der Waals surface area contributed by atoms with E-state index < -0.39 is 41.8 Å². The fourth-order valence-electron chi connectivity index (χ4n) is 6.88. The maximum atomic E-state index is 14.6. The second-order valence-corrected chi connectivity index (χ2v) is 15.0. The van der Waals surface area contributed by atoms with Gasteiger partial charge in [0, 0.05) is 54.8 Å². The molecule has 1 aliphatic rings. The minimum atomic E-state index is -1.05. The summed E-state index contributed by atoms with van der Waals surface area (Å²) >= 11 is 8.29. The van der Waals surface area contributed by atoms with Gasteiger partial charge < -0.3 is 42.4 Å². The van der Waals surface area contributed by atoms with Gasteiger partial charge in [0.05, 0.1) is 16.6 Å². The number of fused-ring (bicyclic) bond motifs is 3. The normalized spacial score (nSPS) is 18.5. The fraction of sp³-hybridized carbons (Fsp3) is 0.293. The lowest BCUT2D eigenvalue weighted by Gasteiger charge is -2.32. The summed E-state index contributed by atoms with van der Waals surface area (Å²) in [6.45, 7) is 0.782. The number of nitrogens with two attached hydrogens (primary N) is 2. The zero-order valence-corrected chi connectivity index (χ0v) is 32.5. The van der Waals surface area contributed by atoms with Gasteiger partial charge in [-0.25, -0.2) is 9.78 Å². The van der Waals surface area contributed by atoms with Crippen molar-refractivity contribution in [2.45, 2.75) is 66.8 Å². The molecule has 3 amide bonds. The number of aromatic carboxylic acids is 1. The van der Waals surface area contributed by atoms with Gasteiger partial charge in [-0.15, -0.1) is 0 Å². The van der Waals surface area contributed by atoms with E-state index in [4.69, 9.17) is 23.1 Å². The Morgan fingerprint density at radius 2 is 1.73 bits per heavy atom. The largest absolute Gasteiger partial charge is 0.478 e. The molecule has 5 aromatic rings. The molecular weight excluding hydrogens is 752 g/mol. The van der Waals surface area contributed by atoms with Crippen molar-refractivity contribution in [2.24, 2.45) is 11.5 Å². The van der Waals surface area contributed by atoms with Crippen LogP contribution in [0.25, 0.3) is 22.0 Å². The summed E-state index contributed by atoms with van der Waals surface area (Å²) in [5.74, 6) is -2.31. The lowest BCUT2D eigenvalue weighted by Crippen LogP contribution is -2.57. The van der Waals surface area contributed by atoms with Crippen molar-refractivity contribution in [3.8, 4) is 11.1 Å². The monoisotopic (exact) mass is 796 g/mol. The van der Waals surface area contributed by atoms with Crippen molar-refractivity contribution in [1.82, 2.24) is 30.8 Å². The minimum absolute atomic E-state index is 0.0104. The Morgan fingerprint density at radius 3 is 2.48 bits per heavy atom. The van der Waals surface area contributed by atoms with Gasteiger partial charge in [-0.2, -0.15) is 0 Å². The molecule has 0 saturated carbocycles. The first-order chi connectivity index (χ1) is 27.1. The zero-order chi connectivity index (χ0) is 39.8. The van der Waals surface area contributed by atoms with E-state index in [0.717, 1.165) is 27.6 Å². The number of nitrogens with one attached hydrogen (secondary N) is 4. The van der Waals surface area contributed by atoms with Gasteiger partial charge in [-0.3, -0.25) is 14.4 Å². The van der Waals surface area contributed by atoms with E-state index in [-0.39, 0.29) is 38.0 Å². The summed E-state index contributed by atoms with van der Waals surface area (Å²) < 4.78 is 0. The van der Waals surface area contributed by atoms with E-state index in [1.807, 2.05) is 42.6 Å². The van der Waals surface area contributed by atoms with Crippen LogP contribution in [0.15, 0.2) is 95.1 Å². The smallest absolute Gasteiger partial charge is 0.335 e. The van der Waals surface area contributed by atoms with Crippen LogP contribution in [0.2, 0.25) is 5.02 Å². The van der Waals surface area contributed by atoms with Crippen LogP contribution in [0.3, 0.4) is 0 Å². The number of carbonyl (C=O) groups excluding carboxylic acids is 3. The molecule has 1 aliphatic heterocycles. The Labute approximate surface area is 334 Å². The number of carbonyl (C=O) groups is 4. The summed E-state index contributed by atoms with van der Waals surface area (Å²) in [6.07, 6.45) is 4.70. The first-order valence-corrected chi connectivity index (χ1v) is 19.6. The molecule has 0 bridgehead atoms. The standard InChI is InChI=1S/C41H45ClN8O5S/c1-50-35(20-27-22-46-32-8-3-2-7-29(27)32)38(52)48-23-30-28(24-10-12-25(13-11-24)41(54)55)14-15-31(42)36(30)56-39-26(6-5-19-45-39)21-47-33(16-18-44)37(51)49-34(40(50)53)9-4-17-43/h2-3,5-8,10-15,19,22,33-35,46-47H,4,9,16-18,20-21,23,43-44H2,1H3,(H,48,52)(H,49,51)(H,54,55)/t33-,34-,35-/m0/s1. The highest BCUT2D eigenvalue weighted by molar-refractivity contribution is 7.99. The SMILES string of the molecule is CN1C(=O)[C@H](CCCN)NC(=O)[C@H](CCN)NCc2cccnc2Sc2c(Cl)ccc(-c3ccc(C(=O)O)cc3)c2CNC(=O)[C@@H]1Cc1c[nH]c2ccccc12. The van der Waals surface area contributed by atoms with Crippen molar-refractivity contribution in [3.63, 3.8) is 0 Å². The molecule has 9 N–H and O–H groups in total. The number of hydrogen-bond acceptors (Lipinski definition) is 9. The Balaban J connectivity index is 1.48. The molecule has 0 saturated heterocycles. The highest BCUT2D eigenvalue weighted by Crippen LogP contribution is 2.41. The quantitative estimate of drug-likeness (QED) is 0.111. The van der Waals surface area contributed by atoms with E-state index in [1.54, 1.807) is 37.5 Å². The molecule has 0 spiro atoms. The molecule has 3 atom stereocenters. The average Bonchev–Trinajstić information content (AvgIpc) is 3.62. The molecule has 15 heteroatoms. The van der Waals surface area contributed by atoms with Crippen LogP contribution >= 0.6 is 23.4 Å². The second kappa shape index (κ2) is 18.6. The minimum Gasteiger partial charge on any atom is -0.478 e. The number of carboxylic acid groups (broad SMARTS) is 1. The summed E-state index contributed by atoms with van der Waals surface area (Å²) in [5.41, 5.74) is 16.6. The predicted octanol–water partition coefficient (Wildman–Crippen LogP) is 4.46. The maximum absolute atomic E-state index is 14.6. The number of hydrogen-bond donors (Lipinski definition) is 7. The fourth-order valence-corrected chi connectivity index (χ4v) is 8.22. The number of rotatable bonds is 9. The molecule has 292 valence electrons. The van der Waals surface area contributed by atoms with Gasteiger partial charge in [0.2, 0.25) is 17.7 Å². The molecule has 0 aliphatic carbocycles. The Hall–Kier alpha value is -5.25. The Kier molecular flexibility index (Phi) is 13.4. The highest BCUT2D eigenvalue weighted by atomic mass is 35.5. The molecular formula is C41H45ClN8O5S. The van der Waals surface area contributed by atoms with E-state index in [0.29, 0.717) is 45.5 Å². The number of amides is 3. The molecule has 3 aromatic carbocycles. The van der Waals surface area contributed by atoms with Gasteiger partial charge >= 0.3 is 5.97 Å². The van der Waals surface area contributed by atoms with Crippen molar-refractivity contribution in [2.75, 3.05) is 20.1 Å². The van der Waals surface area contributed by atoms with E-state index in [1.165, 1.54) is 28.8 Å². The van der Waals surface area contributed by atoms with Crippen LogP contribution in [-0.2, 0) is 33.9 Å². The van der Waals surface area contributed by atoms with E-state index in [2.05, 4.69) is 25.9 Å². The molecule has 0 radical (unpaired) electrons. The molecule has 0 fully saturated rings. The van der Waals surface area contributed by atoms with E-state index >= 15 is 0 Å². The third-order valence-corrected chi connectivity index (χ3v) is 11.6. The summed E-state index contributed by atoms with van der Waals surface area (Å²) in [4.78, 5) is 64.6. The number of para-hydroxylation sites is 1. The number of pyridine rings is 1. The number of nitrogens with zero attached hydrogens (tertiary/aromatic N) is 2. The number of halogens is 1. The maximum Gasteiger partial charge on any atom is 0.335 e. The lowest BCUT2D eigenvalue weighted by atomic mass is 9.98. The van der Waals surface area contributed by atoms with Gasteiger partial charge in [0.15, 0.2) is 0 Å². The third kappa shape index (κ3) is 9.23. The third-order valence-electron chi connectivity index (χ3n) is 9.97. The summed E-state index contributed by atoms with van der Waals surface area (Å²) in [7, 11) is 1.57. The predicted molar refractivity (Wildman–Crippen MR) is 217 cm³/mol. The van der Waals surface area contributed by atoms with Crippen LogP contribution in [0.5, 0.6) is 0 Å². The van der Waals surface area contributed by atoms with Crippen LogP contribution in [0, 0.1) is 0 Å². The Morgan fingerprint density at radius 1 is 0.946 bits per heavy atom. The van der Waals surface area contributed by atoms with Crippen molar-refractivity contribution in [3.05, 3.63) is 112 Å². The van der Waals surface area contributed by atoms with Crippen LogP contribution in [0.4, 0.5) is 0 Å². The number of benzene rings is 3. The van der Waals surface area contributed by atoms with Gasteiger partial charge in [0.1, 0.15) is 17.1 Å². The number of carboxylic acids is 1. The van der Waals surface area contributed by atoms with Gasteiger partial charge in [0.25, 0.3) is 0 Å². The summed E-state index contributed by atoms with van der Waals surface area (Å²) in [5, 5.41) is 20.9.